The van der Waals surface area contributed by atoms with E-state index in [0.29, 0.717) is 6.04 Å². The topological polar surface area (TPSA) is 24.9 Å². The molecule has 0 aliphatic carbocycles. The molecule has 3 heteroatoms. The molecule has 2 aromatic carbocycles. The molecule has 1 unspecified atom stereocenters. The molecule has 3 rings (SSSR count). The average Bonchev–Trinajstić information content (AvgIpc) is 2.90. The Labute approximate surface area is 123 Å². The average molecular weight is 282 g/mol. The van der Waals surface area contributed by atoms with Crippen molar-refractivity contribution in [1.29, 1.82) is 0 Å². The van der Waals surface area contributed by atoms with Crippen molar-refractivity contribution in [3.8, 4) is 0 Å². The van der Waals surface area contributed by atoms with E-state index in [0.717, 1.165) is 18.4 Å². The summed E-state index contributed by atoms with van der Waals surface area (Å²) in [5, 5.41) is 6.00. The molecule has 0 radical (unpaired) electrons. The van der Waals surface area contributed by atoms with E-state index < -0.39 is 0 Å². The molecule has 0 saturated carbocycles. The van der Waals surface area contributed by atoms with Crippen molar-refractivity contribution in [3.05, 3.63) is 60.2 Å². The van der Waals surface area contributed by atoms with Gasteiger partial charge >= 0.3 is 0 Å². The molecule has 1 atom stereocenters. The quantitative estimate of drug-likeness (QED) is 0.731. The summed E-state index contributed by atoms with van der Waals surface area (Å²) < 4.78 is 4.47. The molecule has 0 saturated heterocycles. The molecule has 0 fully saturated rings. The van der Waals surface area contributed by atoms with E-state index in [1.165, 1.54) is 16.0 Å². The van der Waals surface area contributed by atoms with Crippen molar-refractivity contribution in [2.45, 2.75) is 25.8 Å². The van der Waals surface area contributed by atoms with E-state index in [1.807, 2.05) is 6.07 Å². The first-order valence-electron chi connectivity index (χ1n) is 6.98. The molecule has 3 aromatic rings. The molecule has 2 nitrogen and oxygen atoms in total. The minimum atomic E-state index is 0.444. The van der Waals surface area contributed by atoms with Crippen LogP contribution in [0.25, 0.3) is 10.9 Å². The van der Waals surface area contributed by atoms with Gasteiger partial charge in [-0.05, 0) is 49.0 Å². The van der Waals surface area contributed by atoms with Crippen LogP contribution in [0, 0.1) is 0 Å². The number of aryl methyl sites for hydroxylation is 1. The summed E-state index contributed by atoms with van der Waals surface area (Å²) >= 11 is 1.55. The van der Waals surface area contributed by atoms with Crippen molar-refractivity contribution in [2.24, 2.45) is 0 Å². The number of nitrogens with one attached hydrogen (secondary N) is 1. The second kappa shape index (κ2) is 6.06. The van der Waals surface area contributed by atoms with E-state index in [2.05, 4.69) is 65.1 Å². The maximum absolute atomic E-state index is 4.47. The van der Waals surface area contributed by atoms with Gasteiger partial charge < -0.3 is 5.32 Å². The minimum absolute atomic E-state index is 0.444. The van der Waals surface area contributed by atoms with Gasteiger partial charge in [0.15, 0.2) is 0 Å². The molecule has 1 aromatic heterocycles. The number of benzene rings is 2. The normalized spacial score (nSPS) is 12.4. The fourth-order valence-corrected chi connectivity index (χ4v) is 3.19. The second-order valence-corrected chi connectivity index (χ2v) is 5.87. The molecule has 1 heterocycles. The maximum Gasteiger partial charge on any atom is 0.117 e. The Bertz CT molecular complexity index is 676. The van der Waals surface area contributed by atoms with Crippen LogP contribution in [-0.4, -0.2) is 10.4 Å². The SMILES string of the molecule is CC(CCc1ccccc1)Nc1snc2ccccc12. The molecule has 1 N–H and O–H groups in total. The largest absolute Gasteiger partial charge is 0.373 e. The third-order valence-electron chi connectivity index (χ3n) is 3.47. The van der Waals surface area contributed by atoms with Gasteiger partial charge in [0.05, 0.1) is 5.52 Å². The van der Waals surface area contributed by atoms with Crippen LogP contribution < -0.4 is 5.32 Å². The van der Waals surface area contributed by atoms with Crippen molar-refractivity contribution < 1.29 is 0 Å². The first kappa shape index (κ1) is 13.1. The molecule has 0 aliphatic heterocycles. The van der Waals surface area contributed by atoms with Crippen LogP contribution in [0.15, 0.2) is 54.6 Å². The predicted octanol–water partition coefficient (Wildman–Crippen LogP) is 4.73. The Balaban J connectivity index is 1.63. The van der Waals surface area contributed by atoms with Gasteiger partial charge in [-0.3, -0.25) is 0 Å². The Hall–Kier alpha value is -1.87. The highest BCUT2D eigenvalue weighted by atomic mass is 32.1. The summed E-state index contributed by atoms with van der Waals surface area (Å²) in [6, 6.07) is 19.4. The first-order chi connectivity index (χ1) is 9.83. The number of nitrogens with zero attached hydrogens (tertiary/aromatic N) is 1. The van der Waals surface area contributed by atoms with Crippen LogP contribution >= 0.6 is 11.5 Å². The van der Waals surface area contributed by atoms with E-state index in [-0.39, 0.29) is 0 Å². The summed E-state index contributed by atoms with van der Waals surface area (Å²) in [6.07, 6.45) is 2.22. The monoisotopic (exact) mass is 282 g/mol. The van der Waals surface area contributed by atoms with Gasteiger partial charge in [-0.15, -0.1) is 0 Å². The minimum Gasteiger partial charge on any atom is -0.373 e. The van der Waals surface area contributed by atoms with E-state index in [9.17, 15) is 0 Å². The highest BCUT2D eigenvalue weighted by Crippen LogP contribution is 2.28. The highest BCUT2D eigenvalue weighted by molar-refractivity contribution is 7.11. The molecule has 102 valence electrons. The first-order valence-corrected chi connectivity index (χ1v) is 7.75. The van der Waals surface area contributed by atoms with Crippen molar-refractivity contribution in [1.82, 2.24) is 4.37 Å². The number of aromatic nitrogens is 1. The highest BCUT2D eigenvalue weighted by Gasteiger charge is 2.08. The fraction of sp³-hybridized carbons (Fsp3) is 0.235. The van der Waals surface area contributed by atoms with Gasteiger partial charge in [-0.2, -0.15) is 4.37 Å². The zero-order chi connectivity index (χ0) is 13.8. The number of hydrogen-bond donors (Lipinski definition) is 1. The number of fused-ring (bicyclic) bond motifs is 1. The molecular formula is C17H18N2S. The summed E-state index contributed by atoms with van der Waals surface area (Å²) in [6.45, 7) is 2.23. The van der Waals surface area contributed by atoms with Crippen LogP contribution in [0.5, 0.6) is 0 Å². The van der Waals surface area contributed by atoms with Crippen molar-refractivity contribution in [2.75, 3.05) is 5.32 Å². The molecular weight excluding hydrogens is 264 g/mol. The summed E-state index contributed by atoms with van der Waals surface area (Å²) in [5.74, 6) is 0. The lowest BCUT2D eigenvalue weighted by atomic mass is 10.1. The maximum atomic E-state index is 4.47. The van der Waals surface area contributed by atoms with Crippen molar-refractivity contribution >= 4 is 27.4 Å². The molecule has 0 spiro atoms. The number of hydrogen-bond acceptors (Lipinski definition) is 3. The Kier molecular flexibility index (Phi) is 3.97. The summed E-state index contributed by atoms with van der Waals surface area (Å²) in [5.41, 5.74) is 2.48. The van der Waals surface area contributed by atoms with E-state index >= 15 is 0 Å². The zero-order valence-electron chi connectivity index (χ0n) is 11.5. The summed E-state index contributed by atoms with van der Waals surface area (Å²) in [7, 11) is 0. The third-order valence-corrected chi connectivity index (χ3v) is 4.28. The van der Waals surface area contributed by atoms with Gasteiger partial charge in [0.2, 0.25) is 0 Å². The molecule has 0 bridgehead atoms. The van der Waals surface area contributed by atoms with Gasteiger partial charge in [-0.25, -0.2) is 0 Å². The third kappa shape index (κ3) is 2.99. The fourth-order valence-electron chi connectivity index (χ4n) is 2.32. The molecule has 0 amide bonds. The molecule has 20 heavy (non-hydrogen) atoms. The standard InChI is InChI=1S/C17H18N2S/c1-13(11-12-14-7-3-2-4-8-14)18-17-15-9-5-6-10-16(15)19-20-17/h2-10,13,18H,11-12H2,1H3. The van der Waals surface area contributed by atoms with Crippen LogP contribution in [0.3, 0.4) is 0 Å². The van der Waals surface area contributed by atoms with Crippen molar-refractivity contribution in [3.63, 3.8) is 0 Å². The Morgan fingerprint density at radius 2 is 1.80 bits per heavy atom. The smallest absolute Gasteiger partial charge is 0.117 e. The number of rotatable bonds is 5. The van der Waals surface area contributed by atoms with Gasteiger partial charge in [0.25, 0.3) is 0 Å². The lowest BCUT2D eigenvalue weighted by Crippen LogP contribution is -2.15. The van der Waals surface area contributed by atoms with E-state index in [4.69, 9.17) is 0 Å². The van der Waals surface area contributed by atoms with E-state index in [1.54, 1.807) is 11.5 Å². The molecule has 0 aliphatic rings. The van der Waals surface area contributed by atoms with Crippen LogP contribution in [0.2, 0.25) is 0 Å². The van der Waals surface area contributed by atoms with Crippen LogP contribution in [0.1, 0.15) is 18.9 Å². The van der Waals surface area contributed by atoms with Crippen LogP contribution in [-0.2, 0) is 6.42 Å². The van der Waals surface area contributed by atoms with Crippen LogP contribution in [0.4, 0.5) is 5.00 Å². The lowest BCUT2D eigenvalue weighted by molar-refractivity contribution is 0.708. The summed E-state index contributed by atoms with van der Waals surface area (Å²) in [4.78, 5) is 0. The van der Waals surface area contributed by atoms with Gasteiger partial charge in [0.1, 0.15) is 5.00 Å². The van der Waals surface area contributed by atoms with Gasteiger partial charge in [0, 0.05) is 11.4 Å². The lowest BCUT2D eigenvalue weighted by Gasteiger charge is -2.13. The predicted molar refractivity (Wildman–Crippen MR) is 87.5 cm³/mol. The second-order valence-electron chi connectivity index (χ2n) is 5.10. The Morgan fingerprint density at radius 3 is 2.65 bits per heavy atom. The zero-order valence-corrected chi connectivity index (χ0v) is 12.4. The Morgan fingerprint density at radius 1 is 1.05 bits per heavy atom. The van der Waals surface area contributed by atoms with Gasteiger partial charge in [-0.1, -0.05) is 42.5 Å². The number of anilines is 1.